The number of nitrogens with two attached hydrogens (primary N) is 1. The van der Waals surface area contributed by atoms with Gasteiger partial charge in [-0.15, -0.1) is 0 Å². The number of nitrogens with zero attached hydrogens (tertiary/aromatic N) is 1. The average Bonchev–Trinajstić information content (AvgIpc) is 3.18. The fraction of sp³-hybridized carbons (Fsp3) is 0.233. The maximum Gasteiger partial charge on any atom is 0.326 e. The van der Waals surface area contributed by atoms with E-state index in [1.807, 2.05) is 86.7 Å². The number of benzene rings is 4. The first-order valence-electron chi connectivity index (χ1n) is 17.7. The number of carboxylic acids is 1. The van der Waals surface area contributed by atoms with Gasteiger partial charge in [-0.1, -0.05) is 84.4 Å². The lowest BCUT2D eigenvalue weighted by atomic mass is 9.92. The number of halogens is 2. The number of allylic oxidation sites excluding steroid dienone is 5. The number of rotatable bonds is 13. The first-order valence-corrected chi connectivity index (χ1v) is 18.4. The highest BCUT2D eigenvalue weighted by Gasteiger charge is 2.35. The van der Waals surface area contributed by atoms with Gasteiger partial charge in [0, 0.05) is 25.1 Å². The maximum absolute atomic E-state index is 13.6. The predicted molar refractivity (Wildman–Crippen MR) is 212 cm³/mol. The van der Waals surface area contributed by atoms with Gasteiger partial charge in [-0.2, -0.15) is 0 Å². The number of carboxylic acid groups (broad SMARTS) is 1. The van der Waals surface area contributed by atoms with Crippen molar-refractivity contribution >= 4 is 47.1 Å². The number of nitrogens with one attached hydrogen (secondary N) is 1. The normalized spacial score (nSPS) is 17.3. The van der Waals surface area contributed by atoms with E-state index in [0.717, 1.165) is 39.0 Å². The number of carbonyl (C=O) groups is 3. The van der Waals surface area contributed by atoms with Gasteiger partial charge in [0.2, 0.25) is 12.3 Å². The molecule has 4 aromatic carbocycles. The van der Waals surface area contributed by atoms with Gasteiger partial charge in [0.1, 0.15) is 31.0 Å². The summed E-state index contributed by atoms with van der Waals surface area (Å²) in [5.41, 5.74) is 13.5. The minimum Gasteiger partial charge on any atom is -0.489 e. The van der Waals surface area contributed by atoms with Crippen LogP contribution in [0, 0.1) is 0 Å². The maximum atomic E-state index is 13.6. The third-order valence-corrected chi connectivity index (χ3v) is 10.5. The smallest absolute Gasteiger partial charge is 0.326 e. The largest absolute Gasteiger partial charge is 0.489 e. The van der Waals surface area contributed by atoms with Crippen LogP contribution in [0.4, 0.5) is 0 Å². The molecule has 0 saturated heterocycles. The highest BCUT2D eigenvalue weighted by molar-refractivity contribution is 6.42. The van der Waals surface area contributed by atoms with Crippen LogP contribution < -0.4 is 25.3 Å². The van der Waals surface area contributed by atoms with E-state index in [9.17, 15) is 19.5 Å². The van der Waals surface area contributed by atoms with Gasteiger partial charge in [-0.05, 0) is 94.8 Å². The molecule has 284 valence electrons. The number of hydrogen-bond acceptors (Lipinski definition) is 7. The van der Waals surface area contributed by atoms with Crippen LogP contribution in [0.25, 0.3) is 5.57 Å². The van der Waals surface area contributed by atoms with E-state index in [1.165, 1.54) is 4.90 Å². The van der Waals surface area contributed by atoms with Gasteiger partial charge in [0.05, 0.1) is 10.0 Å². The van der Waals surface area contributed by atoms with Gasteiger partial charge < -0.3 is 35.3 Å². The molecule has 0 radical (unpaired) electrons. The Bertz CT molecular complexity index is 2160. The van der Waals surface area contributed by atoms with Crippen molar-refractivity contribution in [3.8, 4) is 17.2 Å². The third-order valence-electron chi connectivity index (χ3n) is 9.77. The Morgan fingerprint density at radius 3 is 2.36 bits per heavy atom. The zero-order valence-corrected chi connectivity index (χ0v) is 31.9. The Balaban J connectivity index is 1.09. The summed E-state index contributed by atoms with van der Waals surface area (Å²) in [6.45, 7) is 8.27. The monoisotopic (exact) mass is 781 g/mol. The molecule has 2 heterocycles. The van der Waals surface area contributed by atoms with Gasteiger partial charge in [0.15, 0.2) is 17.6 Å². The van der Waals surface area contributed by atoms with E-state index in [2.05, 4.69) is 11.9 Å². The molecule has 0 fully saturated rings. The minimum atomic E-state index is -1.22. The predicted octanol–water partition coefficient (Wildman–Crippen LogP) is 7.60. The Morgan fingerprint density at radius 2 is 1.71 bits per heavy atom. The van der Waals surface area contributed by atoms with Crippen LogP contribution in [0.5, 0.6) is 17.2 Å². The van der Waals surface area contributed by atoms with E-state index in [0.29, 0.717) is 51.6 Å². The lowest BCUT2D eigenvalue weighted by molar-refractivity contribution is -0.143. The molecule has 4 aromatic rings. The second kappa shape index (κ2) is 17.2. The quantitative estimate of drug-likeness (QED) is 0.0931. The summed E-state index contributed by atoms with van der Waals surface area (Å²) < 4.78 is 18.4. The first kappa shape index (κ1) is 39.0. The molecule has 12 heteroatoms. The molecule has 2 aliphatic rings. The number of ether oxygens (including phenoxy) is 3. The fourth-order valence-corrected chi connectivity index (χ4v) is 6.88. The number of aliphatic carboxylic acids is 1. The second-order valence-corrected chi connectivity index (χ2v) is 14.3. The molecule has 0 saturated carbocycles. The van der Waals surface area contributed by atoms with Crippen LogP contribution in [0.15, 0.2) is 109 Å². The molecule has 2 aliphatic heterocycles. The average molecular weight is 783 g/mol. The van der Waals surface area contributed by atoms with Crippen molar-refractivity contribution in [1.82, 2.24) is 10.2 Å². The second-order valence-electron chi connectivity index (χ2n) is 13.5. The van der Waals surface area contributed by atoms with Crippen LogP contribution in [-0.2, 0) is 40.4 Å². The Kier molecular flexibility index (Phi) is 12.2. The molecule has 3 atom stereocenters. The fourth-order valence-electron chi connectivity index (χ4n) is 6.56. The van der Waals surface area contributed by atoms with Crippen molar-refractivity contribution in [3.63, 3.8) is 0 Å². The standard InChI is InChI=1S/C43H41Cl2N3O7/c1-4-5-34(25(2)26(3)46)29-9-6-27(7-10-29)17-37(43(51)52)47-42(50)38-18-31-19-39-40(20-32(31)21-48(38)24-49)55-41(23-54-39)30-11-13-33(14-12-30)53-22-28-8-15-35(44)36(45)16-28/h4-16,19-20,24,37-38,41H,1,17-18,21-23,46H2,2-3H3,(H,47,50)(H,51,52)/b26-25-,34-5+/t37-,38-,41?/m0/s1. The summed E-state index contributed by atoms with van der Waals surface area (Å²) in [5.74, 6) is -0.0144. The van der Waals surface area contributed by atoms with E-state index in [4.69, 9.17) is 43.1 Å². The molecule has 4 N–H and O–H groups in total. The molecule has 6 rings (SSSR count). The van der Waals surface area contributed by atoms with Crippen LogP contribution >= 0.6 is 23.2 Å². The zero-order chi connectivity index (χ0) is 39.2. The molecule has 1 unspecified atom stereocenters. The van der Waals surface area contributed by atoms with Crippen LogP contribution in [0.2, 0.25) is 10.0 Å². The van der Waals surface area contributed by atoms with Crippen molar-refractivity contribution in [2.45, 2.75) is 58.0 Å². The van der Waals surface area contributed by atoms with Crippen LogP contribution in [0.1, 0.15) is 53.3 Å². The lowest BCUT2D eigenvalue weighted by Gasteiger charge is -2.35. The molecule has 0 aliphatic carbocycles. The van der Waals surface area contributed by atoms with E-state index < -0.39 is 24.0 Å². The van der Waals surface area contributed by atoms with Crippen molar-refractivity contribution in [3.05, 3.63) is 152 Å². The van der Waals surface area contributed by atoms with Gasteiger partial charge >= 0.3 is 5.97 Å². The van der Waals surface area contributed by atoms with Gasteiger partial charge in [0.25, 0.3) is 0 Å². The lowest BCUT2D eigenvalue weighted by Crippen LogP contribution is -2.54. The molecule has 0 bridgehead atoms. The summed E-state index contributed by atoms with van der Waals surface area (Å²) in [5, 5.41) is 13.7. The summed E-state index contributed by atoms with van der Waals surface area (Å²) in [7, 11) is 0. The Labute approximate surface area is 329 Å². The molecule has 10 nitrogen and oxygen atoms in total. The molecule has 0 spiro atoms. The summed E-state index contributed by atoms with van der Waals surface area (Å²) in [4.78, 5) is 39.6. The van der Waals surface area contributed by atoms with E-state index >= 15 is 0 Å². The SMILES string of the molecule is C=C/C=C(\C(C)=C(\C)N)c1ccc(C[C@H](NC(=O)[C@@H]2Cc3cc4c(cc3CN2C=O)OC(c2ccc(OCc3ccc(Cl)c(Cl)c3)cc2)CO4)C(=O)O)cc1. The number of carbonyl (C=O) groups excluding carboxylic acids is 2. The number of amides is 2. The molecular weight excluding hydrogens is 741 g/mol. The number of fused-ring (bicyclic) bond motifs is 2. The van der Waals surface area contributed by atoms with E-state index in [1.54, 1.807) is 18.2 Å². The molecular formula is C43H41Cl2N3O7. The Hall–Kier alpha value is -5.71. The van der Waals surface area contributed by atoms with E-state index in [-0.39, 0.29) is 32.1 Å². The highest BCUT2D eigenvalue weighted by atomic mass is 35.5. The molecule has 0 aromatic heterocycles. The summed E-state index contributed by atoms with van der Waals surface area (Å²) in [6.07, 6.45) is 4.00. The van der Waals surface area contributed by atoms with Gasteiger partial charge in [-0.3, -0.25) is 9.59 Å². The van der Waals surface area contributed by atoms with Crippen LogP contribution in [0.3, 0.4) is 0 Å². The van der Waals surface area contributed by atoms with Gasteiger partial charge in [-0.25, -0.2) is 4.79 Å². The number of hydrogen-bond donors (Lipinski definition) is 3. The summed E-state index contributed by atoms with van der Waals surface area (Å²) in [6, 6.07) is 21.8. The van der Waals surface area contributed by atoms with Crippen molar-refractivity contribution in [2.24, 2.45) is 5.73 Å². The van der Waals surface area contributed by atoms with Crippen molar-refractivity contribution in [1.29, 1.82) is 0 Å². The van der Waals surface area contributed by atoms with Crippen molar-refractivity contribution < 1.29 is 33.7 Å². The first-order chi connectivity index (χ1) is 26.4. The Morgan fingerprint density at radius 1 is 1.00 bits per heavy atom. The molecule has 2 amide bonds. The minimum absolute atomic E-state index is 0.0470. The highest BCUT2D eigenvalue weighted by Crippen LogP contribution is 2.41. The molecule has 55 heavy (non-hydrogen) atoms. The van der Waals surface area contributed by atoms with Crippen LogP contribution in [-0.4, -0.2) is 47.0 Å². The zero-order valence-electron chi connectivity index (χ0n) is 30.4. The summed E-state index contributed by atoms with van der Waals surface area (Å²) >= 11 is 12.1. The van der Waals surface area contributed by atoms with Crippen molar-refractivity contribution in [2.75, 3.05) is 6.61 Å². The third kappa shape index (κ3) is 9.16. The topological polar surface area (TPSA) is 140 Å².